The van der Waals surface area contributed by atoms with Crippen molar-refractivity contribution in [2.45, 2.75) is 36.5 Å². The number of alkyl halides is 3. The van der Waals surface area contributed by atoms with E-state index in [4.69, 9.17) is 0 Å². The molecule has 2 aromatic rings. The fourth-order valence-corrected chi connectivity index (χ4v) is 5.47. The third-order valence-electron chi connectivity index (χ3n) is 4.89. The summed E-state index contributed by atoms with van der Waals surface area (Å²) in [5.41, 5.74) is -0.875. The molecule has 2 heterocycles. The number of rotatable bonds is 8. The number of halogens is 3. The number of thiophene rings is 1. The van der Waals surface area contributed by atoms with E-state index in [1.165, 1.54) is 17.4 Å². The Morgan fingerprint density at radius 1 is 1.19 bits per heavy atom. The van der Waals surface area contributed by atoms with E-state index in [1.54, 1.807) is 12.3 Å². The van der Waals surface area contributed by atoms with Gasteiger partial charge in [0.2, 0.25) is 0 Å². The average molecular weight is 472 g/mol. The molecule has 0 amide bonds. The predicted molar refractivity (Wildman–Crippen MR) is 111 cm³/mol. The van der Waals surface area contributed by atoms with Crippen molar-refractivity contribution in [2.24, 2.45) is 0 Å². The summed E-state index contributed by atoms with van der Waals surface area (Å²) < 4.78 is 63.9. The SMILES string of the molecule is O=C(O)C1=CC=CN(Cc2cccs2)C1CCCS(=O)(=O)c1cccc(C(F)(F)F)c1. The zero-order chi connectivity index (χ0) is 22.6. The molecule has 1 aliphatic rings. The molecule has 1 N–H and O–H groups in total. The number of allylic oxidation sites excluding steroid dienone is 2. The molecule has 0 saturated heterocycles. The maximum absolute atomic E-state index is 12.9. The largest absolute Gasteiger partial charge is 0.478 e. The fraction of sp³-hybridized carbons (Fsp3) is 0.286. The number of nitrogens with zero attached hydrogens (tertiary/aromatic N) is 1. The molecule has 1 unspecified atom stereocenters. The van der Waals surface area contributed by atoms with E-state index in [9.17, 15) is 31.5 Å². The van der Waals surface area contributed by atoms with Crippen LogP contribution in [0.1, 0.15) is 23.3 Å². The highest BCUT2D eigenvalue weighted by Crippen LogP contribution is 2.31. The molecule has 10 heteroatoms. The number of aliphatic carboxylic acids is 1. The van der Waals surface area contributed by atoms with Crippen LogP contribution >= 0.6 is 11.3 Å². The van der Waals surface area contributed by atoms with Crippen molar-refractivity contribution in [3.05, 3.63) is 76.1 Å². The Bertz CT molecular complexity index is 1090. The molecule has 166 valence electrons. The predicted octanol–water partition coefficient (Wildman–Crippen LogP) is 4.73. The van der Waals surface area contributed by atoms with Crippen molar-refractivity contribution in [2.75, 3.05) is 5.75 Å². The molecule has 0 fully saturated rings. The summed E-state index contributed by atoms with van der Waals surface area (Å²) in [5, 5.41) is 11.5. The minimum atomic E-state index is -4.64. The van der Waals surface area contributed by atoms with E-state index >= 15 is 0 Å². The lowest BCUT2D eigenvalue weighted by molar-refractivity contribution is -0.137. The van der Waals surface area contributed by atoms with Crippen molar-refractivity contribution >= 4 is 27.1 Å². The van der Waals surface area contributed by atoms with Crippen molar-refractivity contribution in [3.63, 3.8) is 0 Å². The van der Waals surface area contributed by atoms with Gasteiger partial charge in [-0.25, -0.2) is 13.2 Å². The lowest BCUT2D eigenvalue weighted by Gasteiger charge is -2.33. The van der Waals surface area contributed by atoms with Crippen LogP contribution in [0.25, 0.3) is 0 Å². The van der Waals surface area contributed by atoms with Gasteiger partial charge < -0.3 is 10.0 Å². The molecule has 0 radical (unpaired) electrons. The summed E-state index contributed by atoms with van der Waals surface area (Å²) >= 11 is 1.53. The van der Waals surface area contributed by atoms with Crippen LogP contribution in [0.5, 0.6) is 0 Å². The first-order chi connectivity index (χ1) is 14.6. The quantitative estimate of drug-likeness (QED) is 0.603. The Morgan fingerprint density at radius 3 is 2.61 bits per heavy atom. The maximum Gasteiger partial charge on any atom is 0.416 e. The number of carboxylic acids is 1. The second-order valence-electron chi connectivity index (χ2n) is 7.02. The molecule has 5 nitrogen and oxygen atoms in total. The summed E-state index contributed by atoms with van der Waals surface area (Å²) in [5.74, 6) is -1.47. The van der Waals surface area contributed by atoms with Gasteiger partial charge >= 0.3 is 12.1 Å². The first kappa shape index (κ1) is 23.1. The number of carboxylic acid groups (broad SMARTS) is 1. The standard InChI is InChI=1S/C21H20F3NO4S2/c22-21(23,24)15-5-1-7-17(13-15)31(28,29)12-4-9-19-18(20(26)27)8-2-10-25(19)14-16-6-3-11-30-16/h1-3,5-8,10-11,13,19H,4,9,12,14H2,(H,26,27). The number of hydrogen-bond donors (Lipinski definition) is 1. The van der Waals surface area contributed by atoms with Crippen LogP contribution in [-0.2, 0) is 27.4 Å². The van der Waals surface area contributed by atoms with Gasteiger partial charge in [0.1, 0.15) is 0 Å². The molecule has 1 aromatic heterocycles. The van der Waals surface area contributed by atoms with Gasteiger partial charge in [-0.15, -0.1) is 11.3 Å². The molecule has 0 spiro atoms. The molecule has 0 aliphatic carbocycles. The van der Waals surface area contributed by atoms with E-state index in [2.05, 4.69) is 0 Å². The van der Waals surface area contributed by atoms with Crippen LogP contribution in [0.2, 0.25) is 0 Å². The molecule has 1 aliphatic heterocycles. The Morgan fingerprint density at radius 2 is 1.97 bits per heavy atom. The minimum Gasteiger partial charge on any atom is -0.478 e. The van der Waals surface area contributed by atoms with E-state index in [0.717, 1.165) is 23.1 Å². The molecule has 3 rings (SSSR count). The lowest BCUT2D eigenvalue weighted by atomic mass is 9.98. The van der Waals surface area contributed by atoms with Gasteiger partial charge in [0.25, 0.3) is 0 Å². The first-order valence-corrected chi connectivity index (χ1v) is 11.9. The highest BCUT2D eigenvalue weighted by atomic mass is 32.2. The van der Waals surface area contributed by atoms with Gasteiger partial charge in [-0.2, -0.15) is 13.2 Å². The van der Waals surface area contributed by atoms with E-state index in [-0.39, 0.29) is 24.2 Å². The highest BCUT2D eigenvalue weighted by Gasteiger charge is 2.32. The second-order valence-corrected chi connectivity index (χ2v) is 10.2. The average Bonchev–Trinajstić information content (AvgIpc) is 3.21. The number of benzene rings is 1. The maximum atomic E-state index is 12.9. The minimum absolute atomic E-state index is 0.0998. The Kier molecular flexibility index (Phi) is 6.90. The molecule has 1 atom stereocenters. The number of hydrogen-bond acceptors (Lipinski definition) is 5. The molecular weight excluding hydrogens is 451 g/mol. The zero-order valence-corrected chi connectivity index (χ0v) is 17.9. The smallest absolute Gasteiger partial charge is 0.416 e. The summed E-state index contributed by atoms with van der Waals surface area (Å²) in [6.07, 6.45) is 0.572. The third-order valence-corrected chi connectivity index (χ3v) is 7.55. The topological polar surface area (TPSA) is 74.7 Å². The van der Waals surface area contributed by atoms with Gasteiger partial charge in [0.05, 0.1) is 34.4 Å². The van der Waals surface area contributed by atoms with Crippen molar-refractivity contribution < 1.29 is 31.5 Å². The molecular formula is C21H20F3NO4S2. The molecule has 31 heavy (non-hydrogen) atoms. The van der Waals surface area contributed by atoms with Crippen LogP contribution in [0.15, 0.2) is 70.6 Å². The van der Waals surface area contributed by atoms with Crippen LogP contribution < -0.4 is 0 Å². The van der Waals surface area contributed by atoms with Crippen molar-refractivity contribution in [1.82, 2.24) is 4.90 Å². The lowest BCUT2D eigenvalue weighted by Crippen LogP contribution is -2.36. The monoisotopic (exact) mass is 471 g/mol. The fourth-order valence-electron chi connectivity index (χ4n) is 3.38. The van der Waals surface area contributed by atoms with E-state index < -0.39 is 38.5 Å². The molecule has 0 saturated carbocycles. The van der Waals surface area contributed by atoms with Crippen LogP contribution in [0.3, 0.4) is 0 Å². The molecule has 0 bridgehead atoms. The third kappa shape index (κ3) is 5.76. The summed E-state index contributed by atoms with van der Waals surface area (Å²) in [4.78, 5) is 14.1. The van der Waals surface area contributed by atoms with E-state index in [0.29, 0.717) is 12.6 Å². The Hall–Kier alpha value is -2.59. The van der Waals surface area contributed by atoms with Crippen LogP contribution in [0, 0.1) is 0 Å². The Balaban J connectivity index is 1.72. The van der Waals surface area contributed by atoms with Crippen LogP contribution in [0.4, 0.5) is 13.2 Å². The zero-order valence-electron chi connectivity index (χ0n) is 16.2. The summed E-state index contributed by atoms with van der Waals surface area (Å²) in [6, 6.07) is 6.92. The second kappa shape index (κ2) is 9.27. The van der Waals surface area contributed by atoms with Crippen LogP contribution in [-0.4, -0.2) is 36.2 Å². The van der Waals surface area contributed by atoms with Gasteiger partial charge in [-0.1, -0.05) is 12.1 Å². The van der Waals surface area contributed by atoms with E-state index in [1.807, 2.05) is 22.4 Å². The number of sulfone groups is 1. The normalized spacial score (nSPS) is 16.9. The molecule has 1 aromatic carbocycles. The van der Waals surface area contributed by atoms with Crippen molar-refractivity contribution in [3.8, 4) is 0 Å². The number of carbonyl (C=O) groups is 1. The van der Waals surface area contributed by atoms with Gasteiger partial charge in [-0.3, -0.25) is 0 Å². The first-order valence-electron chi connectivity index (χ1n) is 9.38. The highest BCUT2D eigenvalue weighted by molar-refractivity contribution is 7.91. The van der Waals surface area contributed by atoms with Gasteiger partial charge in [0, 0.05) is 11.1 Å². The summed E-state index contributed by atoms with van der Waals surface area (Å²) in [6.45, 7) is 0.476. The van der Waals surface area contributed by atoms with Gasteiger partial charge in [0.15, 0.2) is 9.84 Å². The van der Waals surface area contributed by atoms with Gasteiger partial charge in [-0.05, 0) is 54.6 Å². The summed E-state index contributed by atoms with van der Waals surface area (Å²) in [7, 11) is -3.95. The van der Waals surface area contributed by atoms with Crippen molar-refractivity contribution in [1.29, 1.82) is 0 Å². The Labute approximate surface area is 182 Å².